The van der Waals surface area contributed by atoms with Crippen LogP contribution in [0.25, 0.3) is 0 Å². The molecule has 1 aliphatic carbocycles. The monoisotopic (exact) mass is 412 g/mol. The lowest BCUT2D eigenvalue weighted by atomic mass is 9.85. The van der Waals surface area contributed by atoms with Crippen LogP contribution in [-0.4, -0.2) is 52.2 Å². The Morgan fingerprint density at radius 3 is 2.13 bits per heavy atom. The lowest BCUT2D eigenvalue weighted by molar-refractivity contribution is -0.158. The number of imide groups is 1. The van der Waals surface area contributed by atoms with Gasteiger partial charge in [0.2, 0.25) is 11.8 Å². The van der Waals surface area contributed by atoms with E-state index < -0.39 is 24.7 Å². The third-order valence-corrected chi connectivity index (χ3v) is 5.54. The Labute approximate surface area is 176 Å². The summed E-state index contributed by atoms with van der Waals surface area (Å²) in [6.45, 7) is 5.23. The number of allylic oxidation sites excluding steroid dienone is 2. The molecule has 7 nitrogen and oxygen atoms in total. The second-order valence-corrected chi connectivity index (χ2v) is 8.72. The Morgan fingerprint density at radius 1 is 1.03 bits per heavy atom. The van der Waals surface area contributed by atoms with E-state index in [-0.39, 0.29) is 29.6 Å². The lowest BCUT2D eigenvalue weighted by Crippen LogP contribution is -2.47. The summed E-state index contributed by atoms with van der Waals surface area (Å²) in [7, 11) is 0. The zero-order chi connectivity index (χ0) is 21.9. The fourth-order valence-electron chi connectivity index (χ4n) is 3.89. The smallest absolute Gasteiger partial charge is 0.326 e. The summed E-state index contributed by atoms with van der Waals surface area (Å²) in [4.78, 5) is 52.6. The van der Waals surface area contributed by atoms with E-state index in [2.05, 4.69) is 0 Å². The highest BCUT2D eigenvalue weighted by Crippen LogP contribution is 2.34. The summed E-state index contributed by atoms with van der Waals surface area (Å²) in [6, 6.07) is 9.56. The number of esters is 1. The summed E-state index contributed by atoms with van der Waals surface area (Å²) in [5.41, 5.74) is 0.500. The van der Waals surface area contributed by atoms with Crippen LogP contribution < -0.4 is 0 Å². The highest BCUT2D eigenvalue weighted by Gasteiger charge is 2.47. The maximum absolute atomic E-state index is 12.8. The van der Waals surface area contributed by atoms with Crippen molar-refractivity contribution in [3.63, 3.8) is 0 Å². The van der Waals surface area contributed by atoms with Gasteiger partial charge < -0.3 is 9.64 Å². The van der Waals surface area contributed by atoms with Gasteiger partial charge in [-0.15, -0.1) is 0 Å². The first-order valence-electron chi connectivity index (χ1n) is 10.2. The number of nitrogens with zero attached hydrogens (tertiary/aromatic N) is 2. The van der Waals surface area contributed by atoms with E-state index in [1.165, 1.54) is 0 Å². The fourth-order valence-corrected chi connectivity index (χ4v) is 3.89. The van der Waals surface area contributed by atoms with Gasteiger partial charge in [0, 0.05) is 12.1 Å². The molecule has 160 valence electrons. The molecule has 1 aliphatic heterocycles. The molecule has 0 radical (unpaired) electrons. The van der Waals surface area contributed by atoms with Crippen LogP contribution in [0.5, 0.6) is 0 Å². The number of fused-ring (bicyclic) bond motifs is 1. The van der Waals surface area contributed by atoms with Crippen LogP contribution in [-0.2, 0) is 30.5 Å². The third-order valence-electron chi connectivity index (χ3n) is 5.54. The van der Waals surface area contributed by atoms with E-state index in [0.29, 0.717) is 19.4 Å². The van der Waals surface area contributed by atoms with Crippen molar-refractivity contribution in [2.75, 3.05) is 13.2 Å². The highest BCUT2D eigenvalue weighted by molar-refractivity contribution is 6.07. The van der Waals surface area contributed by atoms with Gasteiger partial charge in [0.1, 0.15) is 6.54 Å². The van der Waals surface area contributed by atoms with Gasteiger partial charge in [-0.3, -0.25) is 24.1 Å². The van der Waals surface area contributed by atoms with Gasteiger partial charge in [-0.05, 0) is 39.2 Å². The summed E-state index contributed by atoms with van der Waals surface area (Å²) >= 11 is 0. The molecule has 0 bridgehead atoms. The standard InChI is InChI=1S/C23H28N2O5/c1-23(2,3)25(13-16-9-5-4-6-10-16)19(26)15-30-20(27)14-24-21(28)17-11-7-8-12-18(17)22(24)29/h4-10,17-18H,11-15H2,1-3H3/t17-,18-/m1/s1. The van der Waals surface area contributed by atoms with Gasteiger partial charge in [0.15, 0.2) is 6.61 Å². The molecule has 0 spiro atoms. The Hall–Kier alpha value is -2.96. The second kappa shape index (κ2) is 8.81. The number of likely N-dealkylation sites (tertiary alicyclic amines) is 1. The summed E-state index contributed by atoms with van der Waals surface area (Å²) in [6.07, 6.45) is 4.81. The molecule has 1 heterocycles. The number of ether oxygens (including phenoxy) is 1. The Bertz CT molecular complexity index is 830. The Balaban J connectivity index is 1.57. The molecule has 2 aliphatic rings. The van der Waals surface area contributed by atoms with Crippen LogP contribution in [0.4, 0.5) is 0 Å². The molecule has 0 saturated carbocycles. The Morgan fingerprint density at radius 2 is 1.60 bits per heavy atom. The largest absolute Gasteiger partial charge is 0.454 e. The van der Waals surface area contributed by atoms with Gasteiger partial charge >= 0.3 is 5.97 Å². The number of rotatable bonds is 6. The van der Waals surface area contributed by atoms with Crippen LogP contribution >= 0.6 is 0 Å². The van der Waals surface area contributed by atoms with Crippen LogP contribution in [0.3, 0.4) is 0 Å². The number of amides is 3. The van der Waals surface area contributed by atoms with Crippen molar-refractivity contribution in [1.82, 2.24) is 9.80 Å². The predicted molar refractivity (Wildman–Crippen MR) is 110 cm³/mol. The lowest BCUT2D eigenvalue weighted by Gasteiger charge is -2.35. The van der Waals surface area contributed by atoms with Crippen molar-refractivity contribution < 1.29 is 23.9 Å². The summed E-state index contributed by atoms with van der Waals surface area (Å²) < 4.78 is 5.14. The first-order chi connectivity index (χ1) is 14.2. The van der Waals surface area contributed by atoms with Gasteiger partial charge in [-0.25, -0.2) is 0 Å². The molecule has 30 heavy (non-hydrogen) atoms. The molecule has 3 amide bonds. The second-order valence-electron chi connectivity index (χ2n) is 8.72. The average Bonchev–Trinajstić information content (AvgIpc) is 2.95. The van der Waals surface area contributed by atoms with Crippen LogP contribution in [0.2, 0.25) is 0 Å². The number of carbonyl (C=O) groups excluding carboxylic acids is 4. The molecule has 1 aromatic carbocycles. The molecule has 3 rings (SSSR count). The molecule has 0 N–H and O–H groups in total. The molecule has 0 unspecified atom stereocenters. The topological polar surface area (TPSA) is 84.0 Å². The van der Waals surface area contributed by atoms with Crippen LogP contribution in [0.15, 0.2) is 42.5 Å². The molecule has 7 heteroatoms. The number of hydrogen-bond acceptors (Lipinski definition) is 5. The Kier molecular flexibility index (Phi) is 6.39. The van der Waals surface area contributed by atoms with Crippen LogP contribution in [0.1, 0.15) is 39.2 Å². The SMILES string of the molecule is CC(C)(C)N(Cc1ccccc1)C(=O)COC(=O)CN1C(=O)[C@@H]2CC=CC[C@H]2C1=O. The summed E-state index contributed by atoms with van der Waals surface area (Å²) in [5.74, 6) is -2.55. The molecule has 0 aromatic heterocycles. The van der Waals surface area contributed by atoms with E-state index >= 15 is 0 Å². The number of benzene rings is 1. The number of carbonyl (C=O) groups is 4. The minimum absolute atomic E-state index is 0.335. The molecular formula is C23H28N2O5. The van der Waals surface area contributed by atoms with E-state index in [0.717, 1.165) is 10.5 Å². The predicted octanol–water partition coefficient (Wildman–Crippen LogP) is 2.31. The van der Waals surface area contributed by atoms with E-state index in [9.17, 15) is 19.2 Å². The van der Waals surface area contributed by atoms with Crippen molar-refractivity contribution in [3.05, 3.63) is 48.0 Å². The third kappa shape index (κ3) is 4.78. The normalized spacial score (nSPS) is 20.8. The first-order valence-corrected chi connectivity index (χ1v) is 10.2. The highest BCUT2D eigenvalue weighted by atomic mass is 16.5. The molecule has 1 aromatic rings. The van der Waals surface area contributed by atoms with Crippen molar-refractivity contribution in [2.24, 2.45) is 11.8 Å². The summed E-state index contributed by atoms with van der Waals surface area (Å²) in [5, 5.41) is 0. The van der Waals surface area contributed by atoms with Gasteiger partial charge in [0.05, 0.1) is 11.8 Å². The van der Waals surface area contributed by atoms with Crippen molar-refractivity contribution in [3.8, 4) is 0 Å². The van der Waals surface area contributed by atoms with Gasteiger partial charge in [-0.1, -0.05) is 42.5 Å². The van der Waals surface area contributed by atoms with Gasteiger partial charge in [0.25, 0.3) is 5.91 Å². The zero-order valence-electron chi connectivity index (χ0n) is 17.7. The zero-order valence-corrected chi connectivity index (χ0v) is 17.7. The molecule has 1 fully saturated rings. The number of hydrogen-bond donors (Lipinski definition) is 0. The minimum Gasteiger partial charge on any atom is -0.454 e. The van der Waals surface area contributed by atoms with Crippen molar-refractivity contribution in [2.45, 2.75) is 45.7 Å². The van der Waals surface area contributed by atoms with E-state index in [1.807, 2.05) is 63.3 Å². The van der Waals surface area contributed by atoms with E-state index in [4.69, 9.17) is 4.74 Å². The first kappa shape index (κ1) is 21.7. The average molecular weight is 412 g/mol. The molecule has 2 atom stereocenters. The quantitative estimate of drug-likeness (QED) is 0.407. The maximum atomic E-state index is 12.8. The fraction of sp³-hybridized carbons (Fsp3) is 0.478. The van der Waals surface area contributed by atoms with Crippen LogP contribution in [0, 0.1) is 11.8 Å². The van der Waals surface area contributed by atoms with Crippen molar-refractivity contribution >= 4 is 23.7 Å². The minimum atomic E-state index is -0.759. The molecular weight excluding hydrogens is 384 g/mol. The molecule has 1 saturated heterocycles. The van der Waals surface area contributed by atoms with Gasteiger partial charge in [-0.2, -0.15) is 0 Å². The van der Waals surface area contributed by atoms with Crippen molar-refractivity contribution in [1.29, 1.82) is 0 Å². The maximum Gasteiger partial charge on any atom is 0.326 e. The van der Waals surface area contributed by atoms with E-state index in [1.54, 1.807) is 4.90 Å².